The van der Waals surface area contributed by atoms with E-state index in [9.17, 15) is 9.18 Å². The second-order valence-corrected chi connectivity index (χ2v) is 5.56. The highest BCUT2D eigenvalue weighted by atomic mass is 32.1. The molecule has 102 valence electrons. The van der Waals surface area contributed by atoms with Gasteiger partial charge in [0.05, 0.1) is 4.88 Å². The second-order valence-electron chi connectivity index (χ2n) is 4.48. The van der Waals surface area contributed by atoms with E-state index in [1.54, 1.807) is 18.0 Å². The van der Waals surface area contributed by atoms with Crippen molar-refractivity contribution in [1.29, 1.82) is 0 Å². The molecule has 5 heteroatoms. The lowest BCUT2D eigenvalue weighted by Crippen LogP contribution is -2.28. The molecule has 3 nitrogen and oxygen atoms in total. The van der Waals surface area contributed by atoms with Crippen LogP contribution in [0.4, 0.5) is 4.39 Å². The maximum absolute atomic E-state index is 13.1. The van der Waals surface area contributed by atoms with Crippen molar-refractivity contribution in [2.45, 2.75) is 6.42 Å². The predicted molar refractivity (Wildman–Crippen MR) is 77.3 cm³/mol. The van der Waals surface area contributed by atoms with E-state index in [1.807, 2.05) is 13.1 Å². The highest BCUT2D eigenvalue weighted by molar-refractivity contribution is 7.20. The molecule has 1 aromatic carbocycles. The van der Waals surface area contributed by atoms with Crippen LogP contribution < -0.4 is 5.32 Å². The third-order valence-electron chi connectivity index (χ3n) is 2.96. The van der Waals surface area contributed by atoms with E-state index in [0.717, 1.165) is 23.1 Å². The van der Waals surface area contributed by atoms with Gasteiger partial charge in [0.15, 0.2) is 0 Å². The van der Waals surface area contributed by atoms with Gasteiger partial charge in [0.1, 0.15) is 5.82 Å². The zero-order valence-electron chi connectivity index (χ0n) is 11.1. The summed E-state index contributed by atoms with van der Waals surface area (Å²) < 4.78 is 13.9. The molecule has 0 unspecified atom stereocenters. The number of hydrogen-bond acceptors (Lipinski definition) is 3. The summed E-state index contributed by atoms with van der Waals surface area (Å²) in [6.45, 7) is 1.59. The Hall–Kier alpha value is -1.46. The Morgan fingerprint density at radius 1 is 1.42 bits per heavy atom. The number of halogens is 1. The zero-order valence-corrected chi connectivity index (χ0v) is 11.9. The lowest BCUT2D eigenvalue weighted by molar-refractivity contribution is 0.0798. The Morgan fingerprint density at radius 2 is 2.21 bits per heavy atom. The van der Waals surface area contributed by atoms with Gasteiger partial charge in [-0.3, -0.25) is 4.79 Å². The molecule has 0 bridgehead atoms. The Balaban J connectivity index is 2.12. The summed E-state index contributed by atoms with van der Waals surface area (Å²) >= 11 is 1.34. The van der Waals surface area contributed by atoms with Crippen molar-refractivity contribution in [3.63, 3.8) is 0 Å². The van der Waals surface area contributed by atoms with Crippen LogP contribution in [0.3, 0.4) is 0 Å². The predicted octanol–water partition coefficient (Wildman–Crippen LogP) is 2.72. The van der Waals surface area contributed by atoms with Crippen molar-refractivity contribution in [3.8, 4) is 0 Å². The molecule has 0 saturated heterocycles. The summed E-state index contributed by atoms with van der Waals surface area (Å²) in [5, 5.41) is 3.97. The van der Waals surface area contributed by atoms with Gasteiger partial charge in [0.2, 0.25) is 0 Å². The van der Waals surface area contributed by atoms with Crippen molar-refractivity contribution in [3.05, 3.63) is 35.0 Å². The molecule has 0 aliphatic heterocycles. The van der Waals surface area contributed by atoms with Crippen LogP contribution in [-0.4, -0.2) is 38.0 Å². The summed E-state index contributed by atoms with van der Waals surface area (Å²) in [7, 11) is 3.69. The van der Waals surface area contributed by atoms with E-state index in [1.165, 1.54) is 23.5 Å². The summed E-state index contributed by atoms with van der Waals surface area (Å²) in [6.07, 6.45) is 0.915. The fraction of sp³-hybridized carbons (Fsp3) is 0.357. The van der Waals surface area contributed by atoms with Gasteiger partial charge in [-0.05, 0) is 43.6 Å². The van der Waals surface area contributed by atoms with E-state index in [0.29, 0.717) is 11.4 Å². The van der Waals surface area contributed by atoms with Crippen LogP contribution in [0.1, 0.15) is 16.1 Å². The molecule has 19 heavy (non-hydrogen) atoms. The topological polar surface area (TPSA) is 32.3 Å². The van der Waals surface area contributed by atoms with Gasteiger partial charge in [-0.25, -0.2) is 4.39 Å². The minimum absolute atomic E-state index is 0.00212. The molecule has 0 spiro atoms. The third kappa shape index (κ3) is 3.30. The van der Waals surface area contributed by atoms with E-state index < -0.39 is 0 Å². The number of benzene rings is 1. The van der Waals surface area contributed by atoms with Crippen molar-refractivity contribution < 1.29 is 9.18 Å². The highest BCUT2D eigenvalue weighted by Gasteiger charge is 2.14. The smallest absolute Gasteiger partial charge is 0.263 e. The number of nitrogens with one attached hydrogen (secondary N) is 1. The number of fused-ring (bicyclic) bond motifs is 1. The third-order valence-corrected chi connectivity index (χ3v) is 4.05. The van der Waals surface area contributed by atoms with Gasteiger partial charge in [-0.1, -0.05) is 6.07 Å². The second kappa shape index (κ2) is 6.12. The monoisotopic (exact) mass is 280 g/mol. The van der Waals surface area contributed by atoms with Crippen molar-refractivity contribution in [2.75, 3.05) is 27.2 Å². The number of hydrogen-bond donors (Lipinski definition) is 1. The number of thiophene rings is 1. The van der Waals surface area contributed by atoms with Crippen LogP contribution in [0.2, 0.25) is 0 Å². The lowest BCUT2D eigenvalue weighted by atomic mass is 10.2. The summed E-state index contributed by atoms with van der Waals surface area (Å²) in [6, 6.07) is 6.42. The highest BCUT2D eigenvalue weighted by Crippen LogP contribution is 2.27. The number of nitrogens with zero attached hydrogens (tertiary/aromatic N) is 1. The largest absolute Gasteiger partial charge is 0.341 e. The normalized spacial score (nSPS) is 10.9. The molecule has 1 aromatic heterocycles. The molecule has 1 heterocycles. The Morgan fingerprint density at radius 3 is 2.95 bits per heavy atom. The molecule has 2 aromatic rings. The number of rotatable bonds is 5. The minimum atomic E-state index is -0.268. The Kier molecular flexibility index (Phi) is 4.50. The average Bonchev–Trinajstić information content (AvgIpc) is 2.80. The Bertz CT molecular complexity index is 582. The molecular weight excluding hydrogens is 263 g/mol. The van der Waals surface area contributed by atoms with Gasteiger partial charge in [-0.15, -0.1) is 11.3 Å². The van der Waals surface area contributed by atoms with E-state index >= 15 is 0 Å². The number of carbonyl (C=O) groups is 1. The first kappa shape index (κ1) is 14.0. The van der Waals surface area contributed by atoms with Gasteiger partial charge in [-0.2, -0.15) is 0 Å². The Labute approximate surface area is 116 Å². The molecule has 1 N–H and O–H groups in total. The van der Waals surface area contributed by atoms with E-state index in [2.05, 4.69) is 5.32 Å². The van der Waals surface area contributed by atoms with Gasteiger partial charge in [0, 0.05) is 18.3 Å². The zero-order chi connectivity index (χ0) is 13.8. The molecule has 0 saturated carbocycles. The van der Waals surface area contributed by atoms with Crippen LogP contribution in [0, 0.1) is 5.82 Å². The molecule has 1 amide bonds. The maximum atomic E-state index is 13.1. The van der Waals surface area contributed by atoms with Crippen LogP contribution >= 0.6 is 11.3 Å². The minimum Gasteiger partial charge on any atom is -0.341 e. The molecule has 0 aliphatic carbocycles. The summed E-state index contributed by atoms with van der Waals surface area (Å²) in [5.74, 6) is -0.270. The maximum Gasteiger partial charge on any atom is 0.263 e. The summed E-state index contributed by atoms with van der Waals surface area (Å²) in [5.41, 5.74) is 0. The van der Waals surface area contributed by atoms with Crippen LogP contribution in [-0.2, 0) is 0 Å². The van der Waals surface area contributed by atoms with Crippen molar-refractivity contribution in [1.82, 2.24) is 10.2 Å². The first-order valence-electron chi connectivity index (χ1n) is 6.21. The lowest BCUT2D eigenvalue weighted by Gasteiger charge is -2.15. The molecule has 0 radical (unpaired) electrons. The van der Waals surface area contributed by atoms with Crippen LogP contribution in [0.15, 0.2) is 24.3 Å². The number of amides is 1. The van der Waals surface area contributed by atoms with Gasteiger partial charge >= 0.3 is 0 Å². The molecule has 2 rings (SSSR count). The average molecular weight is 280 g/mol. The van der Waals surface area contributed by atoms with E-state index in [4.69, 9.17) is 0 Å². The molecule has 0 aliphatic rings. The first-order chi connectivity index (χ1) is 9.11. The molecular formula is C14H17FN2OS. The fourth-order valence-electron chi connectivity index (χ4n) is 1.89. The van der Waals surface area contributed by atoms with Crippen LogP contribution in [0.5, 0.6) is 0 Å². The summed E-state index contributed by atoms with van der Waals surface area (Å²) in [4.78, 5) is 14.6. The van der Waals surface area contributed by atoms with Crippen LogP contribution in [0.25, 0.3) is 10.1 Å². The first-order valence-corrected chi connectivity index (χ1v) is 7.02. The molecule has 0 fully saturated rings. The van der Waals surface area contributed by atoms with Gasteiger partial charge < -0.3 is 10.2 Å². The van der Waals surface area contributed by atoms with Crippen molar-refractivity contribution in [2.24, 2.45) is 0 Å². The quantitative estimate of drug-likeness (QED) is 0.854. The fourth-order valence-corrected chi connectivity index (χ4v) is 2.98. The van der Waals surface area contributed by atoms with E-state index in [-0.39, 0.29) is 11.7 Å². The molecule has 0 atom stereocenters. The van der Waals surface area contributed by atoms with Gasteiger partial charge in [0.25, 0.3) is 5.91 Å². The SMILES string of the molecule is CNCCCN(C)C(=O)c1cc2ccc(F)cc2s1. The van der Waals surface area contributed by atoms with Crippen molar-refractivity contribution >= 4 is 27.3 Å². The number of carbonyl (C=O) groups excluding carboxylic acids is 1. The standard InChI is InChI=1S/C14H17FN2OS/c1-16-6-3-7-17(2)14(18)13-8-10-4-5-11(15)9-12(10)19-13/h4-5,8-9,16H,3,6-7H2,1-2H3.